The van der Waals surface area contributed by atoms with E-state index < -0.39 is 0 Å². The van der Waals surface area contributed by atoms with Crippen LogP contribution >= 0.6 is 0 Å². The summed E-state index contributed by atoms with van der Waals surface area (Å²) >= 11 is 0. The summed E-state index contributed by atoms with van der Waals surface area (Å²) in [6.07, 6.45) is 5.63. The van der Waals surface area contributed by atoms with Crippen LogP contribution in [0.2, 0.25) is 0 Å². The molecule has 0 aliphatic carbocycles. The molecule has 0 N–H and O–H groups in total. The molecule has 0 spiro atoms. The van der Waals surface area contributed by atoms with Crippen molar-refractivity contribution in [3.05, 3.63) is 58.9 Å². The first-order valence-corrected chi connectivity index (χ1v) is 6.92. The van der Waals surface area contributed by atoms with Gasteiger partial charge < -0.3 is 4.74 Å². The van der Waals surface area contributed by atoms with Gasteiger partial charge in [-0.1, -0.05) is 12.1 Å². The van der Waals surface area contributed by atoms with Crippen LogP contribution in [-0.2, 0) is 12.8 Å². The van der Waals surface area contributed by atoms with E-state index in [0.29, 0.717) is 6.42 Å². The van der Waals surface area contributed by atoms with E-state index in [2.05, 4.69) is 11.1 Å². The largest absolute Gasteiger partial charge is 0.493 e. The molecule has 0 amide bonds. The summed E-state index contributed by atoms with van der Waals surface area (Å²) in [5.74, 6) is 1.15. The summed E-state index contributed by atoms with van der Waals surface area (Å²) < 4.78 is 5.49. The predicted octanol–water partition coefficient (Wildman–Crippen LogP) is 3.14. The standard InChI is InChI=1S/C17H17NO2/c1-12-6-8-18-11-15(12)16(19)4-2-13-3-5-17-14(10-13)7-9-20-17/h3,5-6,8,10-11H,2,4,7,9H2,1H3. The number of ether oxygens (including phenoxy) is 1. The third-order valence-electron chi connectivity index (χ3n) is 3.73. The zero-order valence-corrected chi connectivity index (χ0v) is 11.6. The van der Waals surface area contributed by atoms with Crippen LogP contribution in [0.5, 0.6) is 5.75 Å². The molecule has 3 nitrogen and oxygen atoms in total. The quantitative estimate of drug-likeness (QED) is 0.799. The molecule has 1 aromatic carbocycles. The number of hydrogen-bond donors (Lipinski definition) is 0. The molecule has 0 saturated carbocycles. The number of hydrogen-bond acceptors (Lipinski definition) is 3. The van der Waals surface area contributed by atoms with Crippen LogP contribution in [0, 0.1) is 6.92 Å². The van der Waals surface area contributed by atoms with Gasteiger partial charge in [-0.2, -0.15) is 0 Å². The minimum atomic E-state index is 0.160. The van der Waals surface area contributed by atoms with E-state index in [4.69, 9.17) is 4.74 Å². The molecule has 0 bridgehead atoms. The van der Waals surface area contributed by atoms with Crippen LogP contribution in [0.25, 0.3) is 0 Å². The molecule has 1 aliphatic heterocycles. The van der Waals surface area contributed by atoms with Crippen molar-refractivity contribution in [2.45, 2.75) is 26.2 Å². The van der Waals surface area contributed by atoms with Crippen LogP contribution in [-0.4, -0.2) is 17.4 Å². The highest BCUT2D eigenvalue weighted by Gasteiger charge is 2.13. The number of carbonyl (C=O) groups excluding carboxylic acids is 1. The van der Waals surface area contributed by atoms with Gasteiger partial charge in [-0.25, -0.2) is 0 Å². The van der Waals surface area contributed by atoms with Gasteiger partial charge in [0.1, 0.15) is 5.75 Å². The fraction of sp³-hybridized carbons (Fsp3) is 0.294. The second kappa shape index (κ2) is 5.45. The van der Waals surface area contributed by atoms with Crippen molar-refractivity contribution in [3.63, 3.8) is 0 Å². The predicted molar refractivity (Wildman–Crippen MR) is 77.3 cm³/mol. The van der Waals surface area contributed by atoms with Crippen LogP contribution < -0.4 is 4.74 Å². The first-order chi connectivity index (χ1) is 9.74. The lowest BCUT2D eigenvalue weighted by atomic mass is 9.99. The van der Waals surface area contributed by atoms with Crippen LogP contribution in [0.15, 0.2) is 36.7 Å². The van der Waals surface area contributed by atoms with Crippen molar-refractivity contribution in [2.24, 2.45) is 0 Å². The number of carbonyl (C=O) groups is 1. The Labute approximate surface area is 118 Å². The molecule has 3 rings (SSSR count). The van der Waals surface area contributed by atoms with Crippen LogP contribution in [0.1, 0.15) is 33.5 Å². The summed E-state index contributed by atoms with van der Waals surface area (Å²) in [4.78, 5) is 16.2. The second-order valence-electron chi connectivity index (χ2n) is 5.15. The SMILES string of the molecule is Cc1ccncc1C(=O)CCc1ccc2c(c1)CCO2. The Morgan fingerprint density at radius 1 is 1.35 bits per heavy atom. The van der Waals surface area contributed by atoms with Gasteiger partial charge in [0.2, 0.25) is 0 Å². The number of pyridine rings is 1. The lowest BCUT2D eigenvalue weighted by Gasteiger charge is -2.06. The van der Waals surface area contributed by atoms with E-state index in [1.807, 2.05) is 25.1 Å². The molecule has 0 atom stereocenters. The van der Waals surface area contributed by atoms with Crippen molar-refractivity contribution >= 4 is 5.78 Å². The van der Waals surface area contributed by atoms with E-state index >= 15 is 0 Å². The first-order valence-electron chi connectivity index (χ1n) is 6.92. The number of nitrogens with zero attached hydrogens (tertiary/aromatic N) is 1. The molecule has 20 heavy (non-hydrogen) atoms. The zero-order chi connectivity index (χ0) is 13.9. The third kappa shape index (κ3) is 2.57. The van der Waals surface area contributed by atoms with E-state index in [0.717, 1.165) is 36.3 Å². The Morgan fingerprint density at radius 2 is 2.25 bits per heavy atom. The van der Waals surface area contributed by atoms with Crippen molar-refractivity contribution in [2.75, 3.05) is 6.61 Å². The Hall–Kier alpha value is -2.16. The highest BCUT2D eigenvalue weighted by molar-refractivity contribution is 5.97. The molecule has 0 radical (unpaired) electrons. The number of rotatable bonds is 4. The monoisotopic (exact) mass is 267 g/mol. The number of fused-ring (bicyclic) bond motifs is 1. The molecule has 0 fully saturated rings. The number of benzene rings is 1. The average Bonchev–Trinajstić information content (AvgIpc) is 2.92. The Kier molecular flexibility index (Phi) is 3.50. The molecule has 1 aromatic heterocycles. The number of ketones is 1. The normalized spacial score (nSPS) is 12.8. The molecule has 1 aliphatic rings. The molecular formula is C17H17NO2. The fourth-order valence-electron chi connectivity index (χ4n) is 2.54. The first kappa shape index (κ1) is 12.9. The van der Waals surface area contributed by atoms with Crippen molar-refractivity contribution < 1.29 is 9.53 Å². The summed E-state index contributed by atoms with van der Waals surface area (Å²) in [7, 11) is 0. The molecular weight excluding hydrogens is 250 g/mol. The summed E-state index contributed by atoms with van der Waals surface area (Å²) in [6, 6.07) is 8.09. The summed E-state index contributed by atoms with van der Waals surface area (Å²) in [6.45, 7) is 2.72. The van der Waals surface area contributed by atoms with Gasteiger partial charge >= 0.3 is 0 Å². The van der Waals surface area contributed by atoms with E-state index in [1.165, 1.54) is 11.1 Å². The summed E-state index contributed by atoms with van der Waals surface area (Å²) in [5.41, 5.74) is 4.18. The van der Waals surface area contributed by atoms with Gasteiger partial charge in [-0.3, -0.25) is 9.78 Å². The van der Waals surface area contributed by atoms with Gasteiger partial charge in [-0.15, -0.1) is 0 Å². The Balaban J connectivity index is 1.68. The highest BCUT2D eigenvalue weighted by atomic mass is 16.5. The lowest BCUT2D eigenvalue weighted by molar-refractivity contribution is 0.0982. The molecule has 102 valence electrons. The van der Waals surface area contributed by atoms with Gasteiger partial charge in [0.25, 0.3) is 0 Å². The minimum absolute atomic E-state index is 0.160. The van der Waals surface area contributed by atoms with E-state index in [-0.39, 0.29) is 5.78 Å². The summed E-state index contributed by atoms with van der Waals surface area (Å²) in [5, 5.41) is 0. The van der Waals surface area contributed by atoms with Gasteiger partial charge in [0.15, 0.2) is 5.78 Å². The zero-order valence-electron chi connectivity index (χ0n) is 11.6. The number of Topliss-reactive ketones (excluding diaryl/α,β-unsaturated/α-hetero) is 1. The van der Waals surface area contributed by atoms with Gasteiger partial charge in [0.05, 0.1) is 6.61 Å². The molecule has 2 heterocycles. The topological polar surface area (TPSA) is 39.2 Å². The number of aryl methyl sites for hydroxylation is 2. The molecule has 3 heteroatoms. The smallest absolute Gasteiger partial charge is 0.165 e. The average molecular weight is 267 g/mol. The second-order valence-corrected chi connectivity index (χ2v) is 5.15. The maximum Gasteiger partial charge on any atom is 0.165 e. The fourth-order valence-corrected chi connectivity index (χ4v) is 2.54. The molecule has 2 aromatic rings. The Bertz CT molecular complexity index is 649. The van der Waals surface area contributed by atoms with Crippen LogP contribution in [0.4, 0.5) is 0 Å². The third-order valence-corrected chi connectivity index (χ3v) is 3.73. The van der Waals surface area contributed by atoms with Crippen molar-refractivity contribution in [3.8, 4) is 5.75 Å². The number of aromatic nitrogens is 1. The van der Waals surface area contributed by atoms with E-state index in [9.17, 15) is 4.79 Å². The van der Waals surface area contributed by atoms with E-state index in [1.54, 1.807) is 12.4 Å². The van der Waals surface area contributed by atoms with Gasteiger partial charge in [0, 0.05) is 30.8 Å². The lowest BCUT2D eigenvalue weighted by Crippen LogP contribution is -2.04. The molecule has 0 unspecified atom stereocenters. The Morgan fingerprint density at radius 3 is 3.10 bits per heavy atom. The maximum atomic E-state index is 12.2. The highest BCUT2D eigenvalue weighted by Crippen LogP contribution is 2.26. The maximum absolute atomic E-state index is 12.2. The van der Waals surface area contributed by atoms with Crippen LogP contribution in [0.3, 0.4) is 0 Å². The van der Waals surface area contributed by atoms with Gasteiger partial charge in [-0.05, 0) is 42.2 Å². The van der Waals surface area contributed by atoms with Crippen molar-refractivity contribution in [1.29, 1.82) is 0 Å². The molecule has 0 saturated heterocycles. The van der Waals surface area contributed by atoms with Crippen molar-refractivity contribution in [1.82, 2.24) is 4.98 Å². The minimum Gasteiger partial charge on any atom is -0.493 e.